The molecular weight excluding hydrogens is 270 g/mol. The van der Waals surface area contributed by atoms with Crippen molar-refractivity contribution in [2.75, 3.05) is 12.8 Å². The Morgan fingerprint density at radius 1 is 1.38 bits per heavy atom. The number of hydrogen-bond acceptors (Lipinski definition) is 5. The number of hydrogen-bond donors (Lipinski definition) is 2. The normalized spacial score (nSPS) is 22.4. The first kappa shape index (κ1) is 13.9. The summed E-state index contributed by atoms with van der Waals surface area (Å²) in [5, 5.41) is 9.62. The van der Waals surface area contributed by atoms with Crippen LogP contribution >= 0.6 is 0 Å². The predicted molar refractivity (Wildman–Crippen MR) is 79.0 cm³/mol. The maximum absolute atomic E-state index is 11.6. The molecule has 1 aliphatic carbocycles. The van der Waals surface area contributed by atoms with E-state index in [9.17, 15) is 9.90 Å². The average Bonchev–Trinajstić information content (AvgIpc) is 2.82. The van der Waals surface area contributed by atoms with Gasteiger partial charge < -0.3 is 20.1 Å². The van der Waals surface area contributed by atoms with Crippen LogP contribution < -0.4 is 5.73 Å². The van der Waals surface area contributed by atoms with Crippen molar-refractivity contribution < 1.29 is 14.6 Å². The van der Waals surface area contributed by atoms with E-state index in [0.717, 1.165) is 31.2 Å². The molecule has 1 heterocycles. The zero-order chi connectivity index (χ0) is 15.0. The number of benzene rings is 1. The van der Waals surface area contributed by atoms with E-state index in [4.69, 9.17) is 10.5 Å². The zero-order valence-corrected chi connectivity index (χ0v) is 12.0. The molecule has 0 aliphatic heterocycles. The molecule has 1 aromatic heterocycles. The van der Waals surface area contributed by atoms with Gasteiger partial charge in [-0.25, -0.2) is 9.78 Å². The number of rotatable bonds is 2. The van der Waals surface area contributed by atoms with Crippen molar-refractivity contribution in [1.29, 1.82) is 0 Å². The highest BCUT2D eigenvalue weighted by atomic mass is 16.5. The SMILES string of the molecule is COC(=O)c1ccc2c(c1)nc(N)n2[C@H]1CC[C@@H](O)CC1. The third kappa shape index (κ3) is 2.47. The van der Waals surface area contributed by atoms with Crippen molar-refractivity contribution >= 4 is 23.0 Å². The number of aliphatic hydroxyl groups is 1. The first-order valence-corrected chi connectivity index (χ1v) is 7.14. The largest absolute Gasteiger partial charge is 0.465 e. The molecule has 1 aliphatic rings. The lowest BCUT2D eigenvalue weighted by atomic mass is 9.93. The Bertz CT molecular complexity index is 672. The number of nitrogens with zero attached hydrogens (tertiary/aromatic N) is 2. The van der Waals surface area contributed by atoms with Gasteiger partial charge in [0.05, 0.1) is 29.8 Å². The molecular formula is C15H19N3O3. The molecule has 6 nitrogen and oxygen atoms in total. The van der Waals surface area contributed by atoms with Gasteiger partial charge >= 0.3 is 5.97 Å². The standard InChI is InChI=1S/C15H19N3O3/c1-21-14(20)9-2-7-13-12(8-9)17-15(16)18(13)10-3-5-11(19)6-4-10/h2,7-8,10-11,19H,3-6H2,1H3,(H2,16,17)/t10-,11+. The van der Waals surface area contributed by atoms with Gasteiger partial charge in [-0.2, -0.15) is 0 Å². The molecule has 0 atom stereocenters. The molecule has 1 aromatic carbocycles. The first-order valence-electron chi connectivity index (χ1n) is 7.14. The number of ether oxygens (including phenoxy) is 1. The van der Waals surface area contributed by atoms with E-state index in [2.05, 4.69) is 4.98 Å². The maximum Gasteiger partial charge on any atom is 0.337 e. The van der Waals surface area contributed by atoms with Gasteiger partial charge in [0.1, 0.15) is 0 Å². The summed E-state index contributed by atoms with van der Waals surface area (Å²) in [5.74, 6) is 0.0687. The number of nitrogens with two attached hydrogens (primary N) is 1. The van der Waals surface area contributed by atoms with Crippen molar-refractivity contribution in [1.82, 2.24) is 9.55 Å². The van der Waals surface area contributed by atoms with Gasteiger partial charge in [0, 0.05) is 6.04 Å². The Balaban J connectivity index is 2.00. The molecule has 112 valence electrons. The van der Waals surface area contributed by atoms with Crippen molar-refractivity contribution in [3.05, 3.63) is 23.8 Å². The minimum absolute atomic E-state index is 0.205. The monoisotopic (exact) mass is 289 g/mol. The van der Waals surface area contributed by atoms with E-state index in [1.165, 1.54) is 7.11 Å². The van der Waals surface area contributed by atoms with Crippen LogP contribution in [0.4, 0.5) is 5.95 Å². The van der Waals surface area contributed by atoms with Crippen LogP contribution in [0, 0.1) is 0 Å². The fourth-order valence-electron chi connectivity index (χ4n) is 3.06. The average molecular weight is 289 g/mol. The van der Waals surface area contributed by atoms with Crippen LogP contribution in [0.1, 0.15) is 42.1 Å². The molecule has 3 rings (SSSR count). The molecule has 0 unspecified atom stereocenters. The second-order valence-corrected chi connectivity index (χ2v) is 5.50. The number of aliphatic hydroxyl groups excluding tert-OH is 1. The molecule has 0 radical (unpaired) electrons. The number of imidazole rings is 1. The predicted octanol–water partition coefficient (Wildman–Crippen LogP) is 1.88. The number of methoxy groups -OCH3 is 1. The van der Waals surface area contributed by atoms with Crippen LogP contribution in [-0.2, 0) is 4.74 Å². The number of carbonyl (C=O) groups is 1. The van der Waals surface area contributed by atoms with Crippen LogP contribution in [0.25, 0.3) is 11.0 Å². The smallest absolute Gasteiger partial charge is 0.337 e. The highest BCUT2D eigenvalue weighted by Gasteiger charge is 2.24. The number of fused-ring (bicyclic) bond motifs is 1. The Hall–Kier alpha value is -2.08. The fraction of sp³-hybridized carbons (Fsp3) is 0.467. The Morgan fingerprint density at radius 3 is 2.76 bits per heavy atom. The fourth-order valence-corrected chi connectivity index (χ4v) is 3.06. The summed E-state index contributed by atoms with van der Waals surface area (Å²) in [5.41, 5.74) is 8.13. The zero-order valence-electron chi connectivity index (χ0n) is 12.0. The molecule has 0 bridgehead atoms. The van der Waals surface area contributed by atoms with E-state index in [1.54, 1.807) is 12.1 Å². The van der Waals surface area contributed by atoms with E-state index >= 15 is 0 Å². The van der Waals surface area contributed by atoms with Gasteiger partial charge in [0.15, 0.2) is 0 Å². The third-order valence-corrected chi connectivity index (χ3v) is 4.17. The third-order valence-electron chi connectivity index (χ3n) is 4.17. The molecule has 21 heavy (non-hydrogen) atoms. The van der Waals surface area contributed by atoms with E-state index in [-0.39, 0.29) is 18.1 Å². The van der Waals surface area contributed by atoms with Gasteiger partial charge in [-0.3, -0.25) is 0 Å². The number of carbonyl (C=O) groups excluding carboxylic acids is 1. The molecule has 0 amide bonds. The van der Waals surface area contributed by atoms with Gasteiger partial charge in [-0.05, 0) is 43.9 Å². The number of anilines is 1. The molecule has 1 fully saturated rings. The van der Waals surface area contributed by atoms with Crippen LogP contribution in [0.15, 0.2) is 18.2 Å². The maximum atomic E-state index is 11.6. The topological polar surface area (TPSA) is 90.4 Å². The van der Waals surface area contributed by atoms with Crippen molar-refractivity contribution in [2.45, 2.75) is 37.8 Å². The molecule has 6 heteroatoms. The van der Waals surface area contributed by atoms with Crippen LogP contribution in [0.2, 0.25) is 0 Å². The van der Waals surface area contributed by atoms with Crippen LogP contribution in [0.5, 0.6) is 0 Å². The van der Waals surface area contributed by atoms with E-state index < -0.39 is 0 Å². The second-order valence-electron chi connectivity index (χ2n) is 5.50. The highest BCUT2D eigenvalue weighted by molar-refractivity contribution is 5.94. The van der Waals surface area contributed by atoms with Crippen molar-refractivity contribution in [3.63, 3.8) is 0 Å². The summed E-state index contributed by atoms with van der Waals surface area (Å²) in [7, 11) is 1.35. The van der Waals surface area contributed by atoms with Gasteiger partial charge in [-0.1, -0.05) is 0 Å². The number of aromatic nitrogens is 2. The molecule has 0 saturated heterocycles. The lowest BCUT2D eigenvalue weighted by Crippen LogP contribution is -2.22. The first-order chi connectivity index (χ1) is 10.1. The minimum atomic E-state index is -0.384. The molecule has 0 spiro atoms. The van der Waals surface area contributed by atoms with Gasteiger partial charge in [0.25, 0.3) is 0 Å². The minimum Gasteiger partial charge on any atom is -0.465 e. The molecule has 2 aromatic rings. The van der Waals surface area contributed by atoms with Gasteiger partial charge in [0.2, 0.25) is 5.95 Å². The van der Waals surface area contributed by atoms with Crippen LogP contribution in [0.3, 0.4) is 0 Å². The van der Waals surface area contributed by atoms with Crippen molar-refractivity contribution in [3.8, 4) is 0 Å². The van der Waals surface area contributed by atoms with E-state index in [0.29, 0.717) is 17.0 Å². The Morgan fingerprint density at radius 2 is 2.10 bits per heavy atom. The molecule has 1 saturated carbocycles. The number of nitrogen functional groups attached to an aromatic ring is 1. The second kappa shape index (κ2) is 5.37. The molecule has 3 N–H and O–H groups in total. The number of esters is 1. The quantitative estimate of drug-likeness (QED) is 0.824. The lowest BCUT2D eigenvalue weighted by molar-refractivity contribution is 0.0601. The Kier molecular flexibility index (Phi) is 3.55. The Labute approximate surface area is 122 Å². The van der Waals surface area contributed by atoms with Gasteiger partial charge in [-0.15, -0.1) is 0 Å². The summed E-state index contributed by atoms with van der Waals surface area (Å²) < 4.78 is 6.73. The summed E-state index contributed by atoms with van der Waals surface area (Å²) in [4.78, 5) is 15.9. The summed E-state index contributed by atoms with van der Waals surface area (Å²) in [6.07, 6.45) is 3.13. The summed E-state index contributed by atoms with van der Waals surface area (Å²) in [6, 6.07) is 5.54. The van der Waals surface area contributed by atoms with Crippen molar-refractivity contribution in [2.24, 2.45) is 0 Å². The lowest BCUT2D eigenvalue weighted by Gasteiger charge is -2.27. The summed E-state index contributed by atoms with van der Waals surface area (Å²) in [6.45, 7) is 0. The van der Waals surface area contributed by atoms with E-state index in [1.807, 2.05) is 10.6 Å². The highest BCUT2D eigenvalue weighted by Crippen LogP contribution is 2.33. The van der Waals surface area contributed by atoms with Crippen LogP contribution in [-0.4, -0.2) is 33.8 Å². The summed E-state index contributed by atoms with van der Waals surface area (Å²) >= 11 is 0.